The van der Waals surface area contributed by atoms with Crippen LogP contribution >= 0.6 is 0 Å². The summed E-state index contributed by atoms with van der Waals surface area (Å²) < 4.78 is 33.1. The quantitative estimate of drug-likeness (QED) is 0.289. The predicted octanol–water partition coefficient (Wildman–Crippen LogP) is -0.342. The average Bonchev–Trinajstić information content (AvgIpc) is 2.43. The fourth-order valence-corrected chi connectivity index (χ4v) is 3.68. The molecule has 8 nitrogen and oxygen atoms in total. The molecule has 0 atom stereocenters. The predicted molar refractivity (Wildman–Crippen MR) is 75.7 cm³/mol. The van der Waals surface area contributed by atoms with E-state index in [-0.39, 0.29) is 24.7 Å². The van der Waals surface area contributed by atoms with Gasteiger partial charge in [-0.15, -0.1) is 0 Å². The van der Waals surface area contributed by atoms with E-state index < -0.39 is 10.2 Å². The van der Waals surface area contributed by atoms with Crippen molar-refractivity contribution in [2.24, 2.45) is 16.8 Å². The Morgan fingerprint density at radius 3 is 2.55 bits per heavy atom. The second-order valence-corrected chi connectivity index (χ2v) is 7.04. The lowest BCUT2D eigenvalue weighted by atomic mass is 10.2. The maximum absolute atomic E-state index is 12.6. The minimum Gasteiger partial charge on any atom is -0.409 e. The molecule has 1 saturated heterocycles. The molecule has 0 saturated carbocycles. The highest BCUT2D eigenvalue weighted by atomic mass is 32.2. The van der Waals surface area contributed by atoms with E-state index >= 15 is 0 Å². The number of nitrogens with two attached hydrogens (primary N) is 1. The highest BCUT2D eigenvalue weighted by Crippen LogP contribution is 2.13. The average molecular weight is 308 g/mol. The third kappa shape index (κ3) is 4.89. The van der Waals surface area contributed by atoms with Crippen LogP contribution in [0, 0.1) is 5.92 Å². The molecule has 9 heteroatoms. The van der Waals surface area contributed by atoms with Crippen LogP contribution in [0.2, 0.25) is 0 Å². The largest absolute Gasteiger partial charge is 0.409 e. The Morgan fingerprint density at radius 2 is 2.05 bits per heavy atom. The van der Waals surface area contributed by atoms with Crippen LogP contribution in [0.1, 0.15) is 20.3 Å². The fourth-order valence-electron chi connectivity index (χ4n) is 1.94. The molecule has 1 heterocycles. The summed E-state index contributed by atoms with van der Waals surface area (Å²) in [5.41, 5.74) is 5.42. The molecule has 0 spiro atoms. The molecule has 0 aromatic carbocycles. The standard InChI is InChI=1S/C11H24N4O4S/c1-10(2)9-15(4-3-11(12)13-16)20(17,18)14-5-7-19-8-6-14/h10,16H,3-9H2,1-2H3,(H2,12,13). The molecular weight excluding hydrogens is 284 g/mol. The second kappa shape index (κ2) is 7.77. The van der Waals surface area contributed by atoms with Crippen molar-refractivity contribution < 1.29 is 18.4 Å². The molecule has 3 N–H and O–H groups in total. The van der Waals surface area contributed by atoms with E-state index in [2.05, 4.69) is 5.16 Å². The molecule has 0 unspecified atom stereocenters. The van der Waals surface area contributed by atoms with Crippen LogP contribution in [0.15, 0.2) is 5.16 Å². The third-order valence-corrected chi connectivity index (χ3v) is 4.94. The van der Waals surface area contributed by atoms with Gasteiger partial charge in [-0.2, -0.15) is 17.0 Å². The Balaban J connectivity index is 2.78. The van der Waals surface area contributed by atoms with E-state index in [0.29, 0.717) is 32.8 Å². The van der Waals surface area contributed by atoms with Gasteiger partial charge in [-0.25, -0.2) is 0 Å². The lowest BCUT2D eigenvalue weighted by molar-refractivity contribution is 0.0699. The monoisotopic (exact) mass is 308 g/mol. The first-order chi connectivity index (χ1) is 9.37. The SMILES string of the molecule is CC(C)CN(CCC(N)=NO)S(=O)(=O)N1CCOCC1. The first-order valence-corrected chi connectivity index (χ1v) is 8.07. The summed E-state index contributed by atoms with van der Waals surface area (Å²) in [6.45, 7) is 6.05. The van der Waals surface area contributed by atoms with Crippen LogP contribution in [0.3, 0.4) is 0 Å². The van der Waals surface area contributed by atoms with Crippen molar-refractivity contribution in [2.45, 2.75) is 20.3 Å². The normalized spacial score (nSPS) is 18.9. The summed E-state index contributed by atoms with van der Waals surface area (Å²) >= 11 is 0. The van der Waals surface area contributed by atoms with Crippen molar-refractivity contribution in [3.63, 3.8) is 0 Å². The van der Waals surface area contributed by atoms with Gasteiger partial charge in [0.05, 0.1) is 13.2 Å². The maximum Gasteiger partial charge on any atom is 0.282 e. The molecule has 0 aliphatic carbocycles. The summed E-state index contributed by atoms with van der Waals surface area (Å²) in [5, 5.41) is 11.4. The summed E-state index contributed by atoms with van der Waals surface area (Å²) in [4.78, 5) is 0. The van der Waals surface area contributed by atoms with Crippen LogP contribution in [0.5, 0.6) is 0 Å². The van der Waals surface area contributed by atoms with Gasteiger partial charge in [-0.1, -0.05) is 19.0 Å². The Kier molecular flexibility index (Phi) is 6.66. The van der Waals surface area contributed by atoms with Gasteiger partial charge >= 0.3 is 0 Å². The Labute approximate surface area is 120 Å². The van der Waals surface area contributed by atoms with Crippen LogP contribution in [0.25, 0.3) is 0 Å². The number of oxime groups is 1. The fraction of sp³-hybridized carbons (Fsp3) is 0.909. The van der Waals surface area contributed by atoms with E-state index in [9.17, 15) is 8.42 Å². The summed E-state index contributed by atoms with van der Waals surface area (Å²) in [5.74, 6) is 0.217. The molecule has 1 aliphatic rings. The molecule has 0 radical (unpaired) electrons. The van der Waals surface area contributed by atoms with Crippen molar-refractivity contribution in [2.75, 3.05) is 39.4 Å². The van der Waals surface area contributed by atoms with Gasteiger partial charge in [0.15, 0.2) is 0 Å². The number of nitrogens with zero attached hydrogens (tertiary/aromatic N) is 3. The number of morpholine rings is 1. The lowest BCUT2D eigenvalue weighted by Gasteiger charge is -2.32. The van der Waals surface area contributed by atoms with Crippen LogP contribution in [-0.2, 0) is 14.9 Å². The van der Waals surface area contributed by atoms with Gasteiger partial charge in [-0.05, 0) is 5.92 Å². The van der Waals surface area contributed by atoms with E-state index in [1.54, 1.807) is 0 Å². The summed E-state index contributed by atoms with van der Waals surface area (Å²) in [7, 11) is -3.53. The third-order valence-electron chi connectivity index (χ3n) is 2.94. The summed E-state index contributed by atoms with van der Waals surface area (Å²) in [6.07, 6.45) is 0.201. The molecule has 1 rings (SSSR count). The van der Waals surface area contributed by atoms with Gasteiger partial charge in [0.2, 0.25) is 0 Å². The van der Waals surface area contributed by atoms with E-state index in [1.165, 1.54) is 8.61 Å². The van der Waals surface area contributed by atoms with Gasteiger partial charge in [0.25, 0.3) is 10.2 Å². The molecule has 0 amide bonds. The van der Waals surface area contributed by atoms with Gasteiger partial charge in [-0.3, -0.25) is 0 Å². The van der Waals surface area contributed by atoms with Gasteiger partial charge in [0, 0.05) is 32.6 Å². The molecule has 1 aliphatic heterocycles. The van der Waals surface area contributed by atoms with Crippen molar-refractivity contribution in [1.29, 1.82) is 0 Å². The van der Waals surface area contributed by atoms with Crippen molar-refractivity contribution in [3.05, 3.63) is 0 Å². The number of hydrogen-bond donors (Lipinski definition) is 2. The molecule has 1 fully saturated rings. The molecule has 0 aromatic rings. The topological polar surface area (TPSA) is 108 Å². The minimum absolute atomic E-state index is 0.0240. The van der Waals surface area contributed by atoms with Gasteiger partial charge in [0.1, 0.15) is 5.84 Å². The Hall–Kier alpha value is -0.900. The zero-order valence-electron chi connectivity index (χ0n) is 12.0. The maximum atomic E-state index is 12.6. The first-order valence-electron chi connectivity index (χ1n) is 6.67. The number of rotatable bonds is 7. The van der Waals surface area contributed by atoms with E-state index in [0.717, 1.165) is 0 Å². The zero-order chi connectivity index (χ0) is 15.2. The second-order valence-electron chi connectivity index (χ2n) is 5.11. The highest BCUT2D eigenvalue weighted by molar-refractivity contribution is 7.86. The Bertz CT molecular complexity index is 418. The molecular formula is C11H24N4O4S. The van der Waals surface area contributed by atoms with Crippen molar-refractivity contribution in [3.8, 4) is 0 Å². The number of hydrogen-bond acceptors (Lipinski definition) is 5. The highest BCUT2D eigenvalue weighted by Gasteiger charge is 2.31. The smallest absolute Gasteiger partial charge is 0.282 e. The van der Waals surface area contributed by atoms with Crippen LogP contribution in [-0.4, -0.2) is 67.5 Å². The molecule has 118 valence electrons. The molecule has 20 heavy (non-hydrogen) atoms. The Morgan fingerprint density at radius 1 is 1.45 bits per heavy atom. The minimum atomic E-state index is -3.53. The van der Waals surface area contributed by atoms with E-state index in [4.69, 9.17) is 15.7 Å². The van der Waals surface area contributed by atoms with Crippen LogP contribution in [0.4, 0.5) is 0 Å². The lowest BCUT2D eigenvalue weighted by Crippen LogP contribution is -2.50. The van der Waals surface area contributed by atoms with E-state index in [1.807, 2.05) is 13.8 Å². The number of amidine groups is 1. The van der Waals surface area contributed by atoms with Gasteiger partial charge < -0.3 is 15.7 Å². The van der Waals surface area contributed by atoms with Crippen molar-refractivity contribution in [1.82, 2.24) is 8.61 Å². The van der Waals surface area contributed by atoms with Crippen LogP contribution < -0.4 is 5.73 Å². The molecule has 0 aromatic heterocycles. The summed E-state index contributed by atoms with van der Waals surface area (Å²) in [6, 6.07) is 0. The number of ether oxygens (including phenoxy) is 1. The zero-order valence-corrected chi connectivity index (χ0v) is 12.8. The van der Waals surface area contributed by atoms with Crippen molar-refractivity contribution >= 4 is 16.0 Å². The molecule has 0 bridgehead atoms. The first kappa shape index (κ1) is 17.2.